The first-order chi connectivity index (χ1) is 8.31. The molecule has 0 bridgehead atoms. The van der Waals surface area contributed by atoms with Gasteiger partial charge >= 0.3 is 0 Å². The number of nitrogens with zero attached hydrogens (tertiary/aromatic N) is 4. The van der Waals surface area contributed by atoms with Crippen LogP contribution in [-0.2, 0) is 20.0 Å². The zero-order valence-electron chi connectivity index (χ0n) is 9.74. The largest absolute Gasteiger partial charge is 0.440 e. The lowest BCUT2D eigenvalue weighted by atomic mass is 10.3. The van der Waals surface area contributed by atoms with Crippen LogP contribution >= 0.6 is 0 Å². The van der Waals surface area contributed by atoms with E-state index in [1.54, 1.807) is 0 Å². The second kappa shape index (κ2) is 4.05. The number of aromatic nitrogens is 4. The normalized spacial score (nSPS) is 11.1. The molecule has 4 nitrogen and oxygen atoms in total. The molecule has 0 saturated heterocycles. The molecule has 0 aliphatic rings. The molecule has 0 radical (unpaired) electrons. The molecule has 86 valence electrons. The number of hydrogen-bond acceptors (Lipinski definition) is 1. The Morgan fingerprint density at radius 2 is 2.24 bits per heavy atom. The minimum atomic E-state index is 0.864. The first-order valence-corrected chi connectivity index (χ1v) is 5.70. The quantitative estimate of drug-likeness (QED) is 0.626. The molecule has 17 heavy (non-hydrogen) atoms. The zero-order chi connectivity index (χ0) is 11.7. The lowest BCUT2D eigenvalue weighted by Gasteiger charge is -2.00. The van der Waals surface area contributed by atoms with Crippen molar-refractivity contribution in [2.45, 2.75) is 13.0 Å². The van der Waals surface area contributed by atoms with Crippen LogP contribution in [0.3, 0.4) is 0 Å². The van der Waals surface area contributed by atoms with Crippen LogP contribution in [0.5, 0.6) is 0 Å². The van der Waals surface area contributed by atoms with Crippen molar-refractivity contribution in [2.75, 3.05) is 0 Å². The third-order valence-corrected chi connectivity index (χ3v) is 2.80. The van der Waals surface area contributed by atoms with E-state index in [4.69, 9.17) is 0 Å². The molecule has 0 unspecified atom stereocenters. The predicted molar refractivity (Wildman–Crippen MR) is 64.4 cm³/mol. The molecule has 0 amide bonds. The van der Waals surface area contributed by atoms with E-state index in [0.29, 0.717) is 0 Å². The van der Waals surface area contributed by atoms with Gasteiger partial charge in [-0.2, -0.15) is 0 Å². The van der Waals surface area contributed by atoms with Crippen LogP contribution in [0.2, 0.25) is 0 Å². The van der Waals surface area contributed by atoms with E-state index < -0.39 is 0 Å². The zero-order valence-corrected chi connectivity index (χ0v) is 9.74. The van der Waals surface area contributed by atoms with Crippen molar-refractivity contribution in [3.8, 4) is 0 Å². The summed E-state index contributed by atoms with van der Waals surface area (Å²) in [6.45, 7) is 0.914. The van der Waals surface area contributed by atoms with E-state index in [-0.39, 0.29) is 0 Å². The first kappa shape index (κ1) is 10.1. The molecule has 2 heterocycles. The molecule has 2 aromatic heterocycles. The van der Waals surface area contributed by atoms with Crippen molar-refractivity contribution in [1.29, 1.82) is 0 Å². The Hall–Kier alpha value is -2.10. The molecule has 1 aromatic carbocycles. The molecular weight excluding hydrogens is 212 g/mol. The van der Waals surface area contributed by atoms with Crippen molar-refractivity contribution in [3.63, 3.8) is 0 Å². The topological polar surface area (TPSA) is 35.8 Å². The summed E-state index contributed by atoms with van der Waals surface area (Å²) in [5, 5.41) is 0. The van der Waals surface area contributed by atoms with Crippen LogP contribution < -0.4 is 9.55 Å². The Bertz CT molecular complexity index is 602. The summed E-state index contributed by atoms with van der Waals surface area (Å²) in [6, 6.07) is 7.99. The van der Waals surface area contributed by atoms with Gasteiger partial charge in [0.25, 0.3) is 0 Å². The van der Waals surface area contributed by atoms with Crippen molar-refractivity contribution < 1.29 is 4.57 Å². The summed E-state index contributed by atoms with van der Waals surface area (Å²) in [4.78, 5) is 9.01. The van der Waals surface area contributed by atoms with Gasteiger partial charge in [0.05, 0.1) is 13.6 Å². The predicted octanol–water partition coefficient (Wildman–Crippen LogP) is 1.06. The molecule has 4 heteroatoms. The van der Waals surface area contributed by atoms with Gasteiger partial charge in [-0.15, -0.1) is 0 Å². The van der Waals surface area contributed by atoms with Crippen LogP contribution in [0.4, 0.5) is 0 Å². The highest BCUT2D eigenvalue weighted by atomic mass is 15.1. The molecule has 0 N–H and O–H groups in total. The van der Waals surface area contributed by atoms with E-state index >= 15 is 0 Å². The number of benzene rings is 1. The van der Waals surface area contributed by atoms with Crippen LogP contribution in [0, 0.1) is 0 Å². The van der Waals surface area contributed by atoms with Crippen molar-refractivity contribution in [3.05, 3.63) is 48.8 Å². The summed E-state index contributed by atoms with van der Waals surface area (Å²) in [5.74, 6) is 0.919. The second-order valence-electron chi connectivity index (χ2n) is 4.20. The number of hydrogen-bond donors (Lipinski definition) is 0. The van der Waals surface area contributed by atoms with Crippen LogP contribution in [-0.4, -0.2) is 9.55 Å². The summed E-state index contributed by atoms with van der Waals surface area (Å²) >= 11 is 0. The summed E-state index contributed by atoms with van der Waals surface area (Å²) < 4.78 is 4.17. The Morgan fingerprint density at radius 3 is 3.00 bits per heavy atom. The highest BCUT2D eigenvalue weighted by Gasteiger charge is 1.99. The van der Waals surface area contributed by atoms with Gasteiger partial charge in [0.2, 0.25) is 6.33 Å². The maximum Gasteiger partial charge on any atom is 0.243 e. The Kier molecular flexibility index (Phi) is 2.40. The number of para-hydroxylation sites is 2. The Labute approximate surface area is 99.5 Å². The lowest BCUT2D eigenvalue weighted by molar-refractivity contribution is -0.671. The van der Waals surface area contributed by atoms with Gasteiger partial charge in [0.1, 0.15) is 12.4 Å². The number of rotatable bonds is 3. The monoisotopic (exact) mass is 226 g/mol. The lowest BCUT2D eigenvalue weighted by Crippen LogP contribution is -2.23. The molecule has 3 aromatic rings. The number of imidazole rings is 2. The Morgan fingerprint density at radius 1 is 1.35 bits per heavy atom. The van der Waals surface area contributed by atoms with E-state index in [2.05, 4.69) is 27.1 Å². The maximum absolute atomic E-state index is 4.50. The SMILES string of the molecule is C[n+]1ccn(CCc2nc3ccccc3[n-]2)c1. The fourth-order valence-electron chi connectivity index (χ4n) is 1.93. The standard InChI is InChI=1S/C13H14N4/c1-16-8-9-17(10-16)7-6-13-14-11-4-2-3-5-12(11)15-13/h2-5,8-10H,6-7H2,1H3. The van der Waals surface area contributed by atoms with Crippen LogP contribution in [0.1, 0.15) is 5.82 Å². The minimum Gasteiger partial charge on any atom is -0.440 e. The highest BCUT2D eigenvalue weighted by molar-refractivity contribution is 5.74. The average Bonchev–Trinajstić information content (AvgIpc) is 2.91. The van der Waals surface area contributed by atoms with E-state index in [0.717, 1.165) is 29.8 Å². The second-order valence-corrected chi connectivity index (χ2v) is 4.20. The fourth-order valence-corrected chi connectivity index (χ4v) is 1.93. The van der Waals surface area contributed by atoms with Gasteiger partial charge in [-0.25, -0.2) is 9.13 Å². The van der Waals surface area contributed by atoms with Crippen molar-refractivity contribution in [1.82, 2.24) is 14.5 Å². The molecule has 3 rings (SSSR count). The maximum atomic E-state index is 4.50. The van der Waals surface area contributed by atoms with E-state index in [1.165, 1.54) is 0 Å². The van der Waals surface area contributed by atoms with E-state index in [9.17, 15) is 0 Å². The van der Waals surface area contributed by atoms with Gasteiger partial charge in [-0.05, 0) is 11.0 Å². The smallest absolute Gasteiger partial charge is 0.243 e. The molecule has 0 atom stereocenters. The Balaban J connectivity index is 1.76. The van der Waals surface area contributed by atoms with Crippen molar-refractivity contribution in [2.24, 2.45) is 7.05 Å². The first-order valence-electron chi connectivity index (χ1n) is 5.70. The van der Waals surface area contributed by atoms with Gasteiger partial charge in [0, 0.05) is 6.42 Å². The third kappa shape index (κ3) is 2.06. The van der Waals surface area contributed by atoms with E-state index in [1.807, 2.05) is 42.1 Å². The fraction of sp³-hybridized carbons (Fsp3) is 0.231. The highest BCUT2D eigenvalue weighted by Crippen LogP contribution is 2.09. The molecule has 0 aliphatic heterocycles. The summed E-state index contributed by atoms with van der Waals surface area (Å²) in [7, 11) is 2.02. The number of fused-ring (bicyclic) bond motifs is 1. The van der Waals surface area contributed by atoms with Crippen LogP contribution in [0.25, 0.3) is 11.0 Å². The average molecular weight is 226 g/mol. The molecule has 0 spiro atoms. The van der Waals surface area contributed by atoms with Crippen LogP contribution in [0.15, 0.2) is 43.0 Å². The third-order valence-electron chi connectivity index (χ3n) is 2.80. The van der Waals surface area contributed by atoms with Crippen molar-refractivity contribution >= 4 is 11.0 Å². The minimum absolute atomic E-state index is 0.864. The van der Waals surface area contributed by atoms with Gasteiger partial charge < -0.3 is 9.97 Å². The summed E-state index contributed by atoms with van der Waals surface area (Å²) in [5.41, 5.74) is 1.97. The molecule has 0 aliphatic carbocycles. The summed E-state index contributed by atoms with van der Waals surface area (Å²) in [6.07, 6.45) is 7.01. The molecular formula is C13H14N4. The number of aryl methyl sites for hydroxylation is 3. The molecule has 0 saturated carbocycles. The van der Waals surface area contributed by atoms with Gasteiger partial charge in [0.15, 0.2) is 0 Å². The van der Waals surface area contributed by atoms with Gasteiger partial charge in [-0.3, -0.25) is 0 Å². The molecule has 0 fully saturated rings. The van der Waals surface area contributed by atoms with Gasteiger partial charge in [-0.1, -0.05) is 30.1 Å².